The molecule has 0 aromatic heterocycles. The predicted molar refractivity (Wildman–Crippen MR) is 68.6 cm³/mol. The van der Waals surface area contributed by atoms with Gasteiger partial charge in [0.25, 0.3) is 0 Å². The average molecular weight is 273 g/mol. The summed E-state index contributed by atoms with van der Waals surface area (Å²) in [5, 5.41) is 0. The van der Waals surface area contributed by atoms with Crippen molar-refractivity contribution >= 4 is 5.69 Å². The van der Waals surface area contributed by atoms with Gasteiger partial charge < -0.3 is 10.6 Å². The summed E-state index contributed by atoms with van der Waals surface area (Å²) < 4.78 is 38.8. The molecule has 0 unspecified atom stereocenters. The molecule has 1 saturated heterocycles. The Balaban J connectivity index is 2.09. The van der Waals surface area contributed by atoms with Crippen LogP contribution in [-0.2, 0) is 12.7 Å². The van der Waals surface area contributed by atoms with Crippen LogP contribution in [0, 0.1) is 0 Å². The lowest BCUT2D eigenvalue weighted by Gasteiger charge is -2.43. The molecule has 1 fully saturated rings. The maximum Gasteiger partial charge on any atom is 0.416 e. The quantitative estimate of drug-likeness (QED) is 0.855. The van der Waals surface area contributed by atoms with E-state index in [1.807, 2.05) is 19.0 Å². The molecule has 1 aliphatic rings. The first-order valence-corrected chi connectivity index (χ1v) is 6.12. The summed E-state index contributed by atoms with van der Waals surface area (Å²) in [5.41, 5.74) is 5.25. The summed E-state index contributed by atoms with van der Waals surface area (Å²) in [4.78, 5) is 4.09. The molecule has 3 nitrogen and oxygen atoms in total. The lowest BCUT2D eigenvalue weighted by Crippen LogP contribution is -2.56. The summed E-state index contributed by atoms with van der Waals surface area (Å²) in [6, 6.07) is 4.44. The molecule has 0 atom stereocenters. The summed E-state index contributed by atoms with van der Waals surface area (Å²) in [6.45, 7) is 1.92. The third-order valence-corrected chi connectivity index (χ3v) is 3.50. The van der Waals surface area contributed by atoms with E-state index in [1.54, 1.807) is 0 Å². The van der Waals surface area contributed by atoms with Gasteiger partial charge in [0.15, 0.2) is 0 Å². The van der Waals surface area contributed by atoms with E-state index in [9.17, 15) is 13.2 Å². The van der Waals surface area contributed by atoms with E-state index < -0.39 is 11.7 Å². The Bertz CT molecular complexity index is 451. The Morgan fingerprint density at radius 1 is 1.32 bits per heavy atom. The highest BCUT2D eigenvalue weighted by atomic mass is 19.4. The number of benzene rings is 1. The van der Waals surface area contributed by atoms with Gasteiger partial charge in [-0.15, -0.1) is 0 Å². The number of alkyl halides is 3. The molecule has 0 amide bonds. The zero-order valence-corrected chi connectivity index (χ0v) is 11.0. The van der Waals surface area contributed by atoms with Crippen LogP contribution in [-0.4, -0.2) is 43.0 Å². The molecule has 0 spiro atoms. The fraction of sp³-hybridized carbons (Fsp3) is 0.538. The molecule has 0 radical (unpaired) electrons. The van der Waals surface area contributed by atoms with Crippen molar-refractivity contribution in [1.82, 2.24) is 9.80 Å². The number of hydrogen-bond acceptors (Lipinski definition) is 3. The first-order chi connectivity index (χ1) is 8.77. The number of hydrogen-bond donors (Lipinski definition) is 1. The van der Waals surface area contributed by atoms with Crippen LogP contribution in [0.2, 0.25) is 0 Å². The number of rotatable bonds is 3. The van der Waals surface area contributed by atoms with Gasteiger partial charge in [0.2, 0.25) is 0 Å². The summed E-state index contributed by atoms with van der Waals surface area (Å²) >= 11 is 0. The topological polar surface area (TPSA) is 32.5 Å². The second-order valence-corrected chi connectivity index (χ2v) is 5.23. The van der Waals surface area contributed by atoms with E-state index >= 15 is 0 Å². The summed E-state index contributed by atoms with van der Waals surface area (Å²) in [5.74, 6) is 0. The van der Waals surface area contributed by atoms with Gasteiger partial charge in [-0.05, 0) is 31.8 Å². The Morgan fingerprint density at radius 3 is 2.47 bits per heavy atom. The zero-order valence-electron chi connectivity index (χ0n) is 11.0. The average Bonchev–Trinajstić information content (AvgIpc) is 2.22. The van der Waals surface area contributed by atoms with Crippen molar-refractivity contribution in [3.8, 4) is 0 Å². The fourth-order valence-electron chi connectivity index (χ4n) is 2.24. The molecule has 6 heteroatoms. The van der Waals surface area contributed by atoms with Gasteiger partial charge in [0.1, 0.15) is 0 Å². The van der Waals surface area contributed by atoms with Crippen molar-refractivity contribution in [3.63, 3.8) is 0 Å². The molecular formula is C13H18F3N3. The molecular weight excluding hydrogens is 255 g/mol. The van der Waals surface area contributed by atoms with Crippen LogP contribution in [0.5, 0.6) is 0 Å². The van der Waals surface area contributed by atoms with Crippen LogP contribution in [0.4, 0.5) is 18.9 Å². The van der Waals surface area contributed by atoms with Crippen LogP contribution in [0.3, 0.4) is 0 Å². The smallest absolute Gasteiger partial charge is 0.399 e. The van der Waals surface area contributed by atoms with Gasteiger partial charge >= 0.3 is 6.18 Å². The number of halogens is 3. The van der Waals surface area contributed by atoms with E-state index in [2.05, 4.69) is 4.90 Å². The lowest BCUT2D eigenvalue weighted by molar-refractivity contribution is -0.138. The second kappa shape index (κ2) is 5.02. The molecule has 106 valence electrons. The number of nitrogens with zero attached hydrogens (tertiary/aromatic N) is 2. The van der Waals surface area contributed by atoms with Crippen molar-refractivity contribution in [1.29, 1.82) is 0 Å². The van der Waals surface area contributed by atoms with Crippen LogP contribution in [0.15, 0.2) is 18.2 Å². The van der Waals surface area contributed by atoms with Gasteiger partial charge in [-0.25, -0.2) is 0 Å². The Morgan fingerprint density at radius 2 is 1.95 bits per heavy atom. The van der Waals surface area contributed by atoms with Crippen molar-refractivity contribution in [3.05, 3.63) is 29.3 Å². The first-order valence-electron chi connectivity index (χ1n) is 6.12. The Kier molecular flexibility index (Phi) is 3.73. The van der Waals surface area contributed by atoms with Gasteiger partial charge in [-0.3, -0.25) is 4.90 Å². The number of likely N-dealkylation sites (tertiary alicyclic amines) is 1. The van der Waals surface area contributed by atoms with Crippen molar-refractivity contribution in [2.75, 3.05) is 32.9 Å². The molecule has 1 heterocycles. The largest absolute Gasteiger partial charge is 0.416 e. The van der Waals surface area contributed by atoms with E-state index in [-0.39, 0.29) is 5.69 Å². The van der Waals surface area contributed by atoms with Gasteiger partial charge in [0, 0.05) is 31.4 Å². The summed E-state index contributed by atoms with van der Waals surface area (Å²) in [7, 11) is 3.96. The van der Waals surface area contributed by atoms with Crippen LogP contribution in [0.25, 0.3) is 0 Å². The minimum atomic E-state index is -4.35. The van der Waals surface area contributed by atoms with E-state index in [1.165, 1.54) is 12.1 Å². The van der Waals surface area contributed by atoms with Crippen LogP contribution >= 0.6 is 0 Å². The number of nitrogens with two attached hydrogens (primary N) is 1. The van der Waals surface area contributed by atoms with Gasteiger partial charge in [-0.1, -0.05) is 6.07 Å². The number of likely N-dealkylation sites (N-methyl/N-ethyl adjacent to an activating group) is 1. The van der Waals surface area contributed by atoms with Crippen LogP contribution < -0.4 is 5.73 Å². The molecule has 2 rings (SSSR count). The van der Waals surface area contributed by atoms with Crippen molar-refractivity contribution < 1.29 is 13.2 Å². The maximum absolute atomic E-state index is 12.9. The molecule has 0 bridgehead atoms. The predicted octanol–water partition coefficient (Wildman–Crippen LogP) is 2.03. The fourth-order valence-corrected chi connectivity index (χ4v) is 2.24. The minimum absolute atomic E-state index is 0.144. The third-order valence-electron chi connectivity index (χ3n) is 3.50. The molecule has 1 aliphatic heterocycles. The highest BCUT2D eigenvalue weighted by Crippen LogP contribution is 2.34. The highest BCUT2D eigenvalue weighted by Gasteiger charge is 2.35. The molecule has 1 aromatic carbocycles. The Hall–Kier alpha value is -1.27. The van der Waals surface area contributed by atoms with Crippen molar-refractivity contribution in [2.24, 2.45) is 0 Å². The minimum Gasteiger partial charge on any atom is -0.399 e. The molecule has 1 aromatic rings. The number of anilines is 1. The van der Waals surface area contributed by atoms with E-state index in [0.29, 0.717) is 18.2 Å². The molecule has 19 heavy (non-hydrogen) atoms. The zero-order chi connectivity index (χ0) is 14.2. The summed E-state index contributed by atoms with van der Waals surface area (Å²) in [6.07, 6.45) is -4.35. The van der Waals surface area contributed by atoms with Gasteiger partial charge in [0.05, 0.1) is 5.56 Å². The highest BCUT2D eigenvalue weighted by molar-refractivity contribution is 5.46. The lowest BCUT2D eigenvalue weighted by atomic mass is 10.0. The van der Waals surface area contributed by atoms with Crippen molar-refractivity contribution in [2.45, 2.75) is 18.8 Å². The molecule has 0 saturated carbocycles. The van der Waals surface area contributed by atoms with E-state index in [0.717, 1.165) is 19.2 Å². The molecule has 2 N–H and O–H groups in total. The van der Waals surface area contributed by atoms with Crippen LogP contribution in [0.1, 0.15) is 11.1 Å². The number of nitrogen functional groups attached to an aromatic ring is 1. The normalized spacial score (nSPS) is 17.8. The Labute approximate surface area is 110 Å². The third kappa shape index (κ3) is 3.19. The van der Waals surface area contributed by atoms with E-state index in [4.69, 9.17) is 5.73 Å². The monoisotopic (exact) mass is 273 g/mol. The first kappa shape index (κ1) is 14.1. The maximum atomic E-state index is 12.9. The van der Waals surface area contributed by atoms with Gasteiger partial charge in [-0.2, -0.15) is 13.2 Å². The SMILES string of the molecule is CN(C)C1CN(Cc2ccc(N)cc2C(F)(F)F)C1. The second-order valence-electron chi connectivity index (χ2n) is 5.23. The standard InChI is InChI=1S/C13H18F3N3/c1-18(2)11-7-19(8-11)6-9-3-4-10(17)5-12(9)13(14,15)16/h3-5,11H,6-8,17H2,1-2H3. The molecule has 0 aliphatic carbocycles.